The molecule has 24 heavy (non-hydrogen) atoms. The molecule has 0 bridgehead atoms. The molecule has 4 nitrogen and oxygen atoms in total. The minimum absolute atomic E-state index is 0.717. The highest BCUT2D eigenvalue weighted by molar-refractivity contribution is 5.64. The molecule has 0 amide bonds. The average molecular weight is 323 g/mol. The number of rotatable bonds is 7. The first kappa shape index (κ1) is 16.5. The molecule has 3 rings (SSSR count). The molecule has 0 atom stereocenters. The van der Waals surface area contributed by atoms with Crippen LogP contribution in [0.2, 0.25) is 0 Å². The van der Waals surface area contributed by atoms with Gasteiger partial charge < -0.3 is 14.0 Å². The summed E-state index contributed by atoms with van der Waals surface area (Å²) in [6.07, 6.45) is 4.10. The number of fused-ring (bicyclic) bond motifs is 1. The summed E-state index contributed by atoms with van der Waals surface area (Å²) in [4.78, 5) is 7.09. The number of hydrogen-bond acceptors (Lipinski definition) is 3. The van der Waals surface area contributed by atoms with Crippen LogP contribution in [-0.4, -0.2) is 40.5 Å². The molecule has 0 unspecified atom stereocenters. The van der Waals surface area contributed by atoms with Gasteiger partial charge in [-0.15, -0.1) is 0 Å². The van der Waals surface area contributed by atoms with Crippen molar-refractivity contribution >= 4 is 5.65 Å². The maximum atomic E-state index is 5.84. The van der Waals surface area contributed by atoms with Crippen molar-refractivity contribution in [1.29, 1.82) is 0 Å². The Kier molecular flexibility index (Phi) is 5.16. The van der Waals surface area contributed by atoms with E-state index in [0.717, 1.165) is 42.3 Å². The van der Waals surface area contributed by atoms with Crippen LogP contribution >= 0.6 is 0 Å². The number of pyridine rings is 1. The number of aromatic nitrogens is 2. The van der Waals surface area contributed by atoms with Crippen molar-refractivity contribution in [3.05, 3.63) is 54.4 Å². The van der Waals surface area contributed by atoms with Crippen LogP contribution in [0, 0.1) is 6.92 Å². The third-order valence-electron chi connectivity index (χ3n) is 4.40. The van der Waals surface area contributed by atoms with Crippen LogP contribution in [0.4, 0.5) is 0 Å². The van der Waals surface area contributed by atoms with Crippen LogP contribution in [0.15, 0.2) is 48.8 Å². The maximum Gasteiger partial charge on any atom is 0.140 e. The van der Waals surface area contributed by atoms with E-state index in [2.05, 4.69) is 54.5 Å². The van der Waals surface area contributed by atoms with E-state index in [9.17, 15) is 0 Å². The van der Waals surface area contributed by atoms with Gasteiger partial charge in [-0.2, -0.15) is 0 Å². The molecular weight excluding hydrogens is 298 g/mol. The zero-order valence-electron chi connectivity index (χ0n) is 14.7. The third-order valence-corrected chi connectivity index (χ3v) is 4.40. The first-order valence-corrected chi connectivity index (χ1v) is 8.61. The average Bonchev–Trinajstić information content (AvgIpc) is 3.05. The molecule has 0 radical (unpaired) electrons. The molecule has 0 aliphatic carbocycles. The molecule has 4 heteroatoms. The highest BCUT2D eigenvalue weighted by Gasteiger charge is 2.06. The van der Waals surface area contributed by atoms with Gasteiger partial charge in [0.15, 0.2) is 0 Å². The second-order valence-electron chi connectivity index (χ2n) is 5.95. The molecule has 0 saturated heterocycles. The second kappa shape index (κ2) is 7.49. The monoisotopic (exact) mass is 323 g/mol. The zero-order chi connectivity index (χ0) is 16.9. The molecule has 2 heterocycles. The van der Waals surface area contributed by atoms with Crippen LogP contribution in [0.25, 0.3) is 16.9 Å². The number of likely N-dealkylation sites (N-methyl/N-ethyl adjacent to an activating group) is 1. The topological polar surface area (TPSA) is 29.8 Å². The van der Waals surface area contributed by atoms with Crippen molar-refractivity contribution in [3.63, 3.8) is 0 Å². The number of hydrogen-bond donors (Lipinski definition) is 0. The first-order valence-electron chi connectivity index (χ1n) is 8.61. The van der Waals surface area contributed by atoms with Gasteiger partial charge in [0.2, 0.25) is 0 Å². The fraction of sp³-hybridized carbons (Fsp3) is 0.350. The normalized spacial score (nSPS) is 11.3. The van der Waals surface area contributed by atoms with Gasteiger partial charge in [0.25, 0.3) is 0 Å². The lowest BCUT2D eigenvalue weighted by molar-refractivity contribution is 0.223. The van der Waals surface area contributed by atoms with Crippen LogP contribution < -0.4 is 4.74 Å². The first-order chi connectivity index (χ1) is 11.7. The molecule has 1 aromatic carbocycles. The van der Waals surface area contributed by atoms with Gasteiger partial charge in [-0.25, -0.2) is 4.98 Å². The minimum Gasteiger partial charge on any atom is -0.492 e. The molecule has 126 valence electrons. The van der Waals surface area contributed by atoms with Gasteiger partial charge in [-0.1, -0.05) is 19.9 Å². The molecule has 3 aromatic rings. The molecule has 0 saturated carbocycles. The summed E-state index contributed by atoms with van der Waals surface area (Å²) in [5.41, 5.74) is 4.28. The lowest BCUT2D eigenvalue weighted by Crippen LogP contribution is -2.27. The quantitative estimate of drug-likeness (QED) is 0.657. The Balaban J connectivity index is 1.68. The van der Waals surface area contributed by atoms with Crippen molar-refractivity contribution < 1.29 is 4.74 Å². The van der Waals surface area contributed by atoms with Crippen LogP contribution in [0.5, 0.6) is 5.75 Å². The maximum absolute atomic E-state index is 5.84. The Hall–Kier alpha value is -2.33. The summed E-state index contributed by atoms with van der Waals surface area (Å²) in [6, 6.07) is 12.3. The van der Waals surface area contributed by atoms with Crippen LogP contribution in [0.3, 0.4) is 0 Å². The zero-order valence-corrected chi connectivity index (χ0v) is 14.7. The van der Waals surface area contributed by atoms with Gasteiger partial charge in [0, 0.05) is 24.5 Å². The fourth-order valence-electron chi connectivity index (χ4n) is 2.85. The van der Waals surface area contributed by atoms with Crippen molar-refractivity contribution in [1.82, 2.24) is 14.3 Å². The lowest BCUT2D eigenvalue weighted by atomic mass is 10.2. The Morgan fingerprint density at radius 2 is 1.83 bits per heavy atom. The fourth-order valence-corrected chi connectivity index (χ4v) is 2.85. The van der Waals surface area contributed by atoms with E-state index in [1.807, 2.05) is 24.4 Å². The molecular formula is C20H25N3O. The minimum atomic E-state index is 0.717. The number of aryl methyl sites for hydroxylation is 1. The summed E-state index contributed by atoms with van der Waals surface area (Å²) >= 11 is 0. The summed E-state index contributed by atoms with van der Waals surface area (Å²) in [5, 5.41) is 0. The number of nitrogens with zero attached hydrogens (tertiary/aromatic N) is 3. The standard InChI is InChI=1S/C20H25N3O/c1-4-22(5-2)13-14-24-18-10-8-17(9-11-18)19-15-23-12-6-7-16(3)20(23)21-19/h6-12,15H,4-5,13-14H2,1-3H3. The number of benzene rings is 1. The van der Waals surface area contributed by atoms with Crippen molar-refractivity contribution in [2.24, 2.45) is 0 Å². The van der Waals surface area contributed by atoms with Crippen molar-refractivity contribution in [3.8, 4) is 17.0 Å². The number of ether oxygens (including phenoxy) is 1. The molecule has 0 aliphatic heterocycles. The summed E-state index contributed by atoms with van der Waals surface area (Å²) in [6.45, 7) is 10.2. The molecule has 2 aromatic heterocycles. The van der Waals surface area contributed by atoms with E-state index in [0.29, 0.717) is 6.61 Å². The van der Waals surface area contributed by atoms with E-state index < -0.39 is 0 Å². The van der Waals surface area contributed by atoms with Gasteiger partial charge in [-0.05, 0) is 55.9 Å². The van der Waals surface area contributed by atoms with E-state index in [4.69, 9.17) is 9.72 Å². The molecule has 0 N–H and O–H groups in total. The Bertz CT molecular complexity index is 788. The molecule has 0 fully saturated rings. The Morgan fingerprint density at radius 3 is 2.50 bits per heavy atom. The summed E-state index contributed by atoms with van der Waals surface area (Å²) < 4.78 is 7.91. The van der Waals surface area contributed by atoms with Gasteiger partial charge in [0.05, 0.1) is 5.69 Å². The van der Waals surface area contributed by atoms with Gasteiger partial charge >= 0.3 is 0 Å². The summed E-state index contributed by atoms with van der Waals surface area (Å²) in [7, 11) is 0. The smallest absolute Gasteiger partial charge is 0.140 e. The number of imidazole rings is 1. The van der Waals surface area contributed by atoms with Gasteiger partial charge in [-0.3, -0.25) is 0 Å². The Labute approximate surface area is 143 Å². The highest BCUT2D eigenvalue weighted by atomic mass is 16.5. The highest BCUT2D eigenvalue weighted by Crippen LogP contribution is 2.23. The van der Waals surface area contributed by atoms with E-state index in [-0.39, 0.29) is 0 Å². The second-order valence-corrected chi connectivity index (χ2v) is 5.95. The summed E-state index contributed by atoms with van der Waals surface area (Å²) in [5.74, 6) is 0.908. The molecule has 0 spiro atoms. The van der Waals surface area contributed by atoms with Crippen molar-refractivity contribution in [2.45, 2.75) is 20.8 Å². The predicted octanol–water partition coefficient (Wildman–Crippen LogP) is 4.03. The van der Waals surface area contributed by atoms with Crippen molar-refractivity contribution in [2.75, 3.05) is 26.2 Å². The van der Waals surface area contributed by atoms with E-state index >= 15 is 0 Å². The van der Waals surface area contributed by atoms with Crippen LogP contribution in [0.1, 0.15) is 19.4 Å². The van der Waals surface area contributed by atoms with Gasteiger partial charge in [0.1, 0.15) is 18.0 Å². The largest absolute Gasteiger partial charge is 0.492 e. The SMILES string of the molecule is CCN(CC)CCOc1ccc(-c2cn3cccc(C)c3n2)cc1. The molecule has 0 aliphatic rings. The van der Waals surface area contributed by atoms with Crippen LogP contribution in [-0.2, 0) is 0 Å². The van der Waals surface area contributed by atoms with E-state index in [1.165, 1.54) is 5.56 Å². The lowest BCUT2D eigenvalue weighted by Gasteiger charge is -2.18. The Morgan fingerprint density at radius 1 is 1.08 bits per heavy atom. The predicted molar refractivity (Wildman–Crippen MR) is 98.6 cm³/mol. The third kappa shape index (κ3) is 3.60. The van der Waals surface area contributed by atoms with E-state index in [1.54, 1.807) is 0 Å².